The first-order valence-electron chi connectivity index (χ1n) is 3.61. The zero-order valence-electron chi connectivity index (χ0n) is 7.00. The first-order chi connectivity index (χ1) is 5.66. The number of hydrogen-bond donors (Lipinski definition) is 1. The predicted octanol–water partition coefficient (Wildman–Crippen LogP) is 2.68. The molecular weight excluding hydrogens is 174 g/mol. The molecule has 3 heteroatoms. The Kier molecular flexibility index (Phi) is 2.71. The fourth-order valence-corrected chi connectivity index (χ4v) is 1.49. The lowest BCUT2D eigenvalue weighted by atomic mass is 10.0. The molecule has 0 aliphatic rings. The summed E-state index contributed by atoms with van der Waals surface area (Å²) in [7, 11) is 0. The smallest absolute Gasteiger partial charge is 0.175 e. The van der Waals surface area contributed by atoms with Crippen molar-refractivity contribution in [3.63, 3.8) is 0 Å². The molecule has 0 aromatic heterocycles. The van der Waals surface area contributed by atoms with E-state index in [1.807, 2.05) is 32.0 Å². The minimum absolute atomic E-state index is 0.144. The molecule has 0 saturated heterocycles. The van der Waals surface area contributed by atoms with Crippen molar-refractivity contribution in [3.05, 3.63) is 34.9 Å². The molecule has 1 aromatic carbocycles. The van der Waals surface area contributed by atoms with Crippen molar-refractivity contribution in [1.82, 2.24) is 0 Å². The number of aryl methyl sites for hydroxylation is 2. The highest BCUT2D eigenvalue weighted by atomic mass is 35.5. The molecule has 1 N–H and O–H groups in total. The van der Waals surface area contributed by atoms with Crippen LogP contribution >= 0.6 is 11.6 Å². The molecule has 64 valence electrons. The lowest BCUT2D eigenvalue weighted by Gasteiger charge is -2.05. The first kappa shape index (κ1) is 9.07. The highest BCUT2D eigenvalue weighted by Gasteiger charge is 2.06. The third-order valence-electron chi connectivity index (χ3n) is 1.78. The van der Waals surface area contributed by atoms with Crippen molar-refractivity contribution in [2.24, 2.45) is 5.16 Å². The van der Waals surface area contributed by atoms with Crippen LogP contribution in [-0.4, -0.2) is 10.4 Å². The fourth-order valence-electron chi connectivity index (χ4n) is 1.19. The Morgan fingerprint density at radius 1 is 1.33 bits per heavy atom. The maximum absolute atomic E-state index is 8.49. The number of oxime groups is 1. The van der Waals surface area contributed by atoms with Gasteiger partial charge >= 0.3 is 0 Å². The molecule has 0 spiro atoms. The van der Waals surface area contributed by atoms with Gasteiger partial charge in [0.15, 0.2) is 5.17 Å². The van der Waals surface area contributed by atoms with Crippen LogP contribution in [0, 0.1) is 13.8 Å². The van der Waals surface area contributed by atoms with Crippen LogP contribution in [0.1, 0.15) is 16.7 Å². The largest absolute Gasteiger partial charge is 0.410 e. The van der Waals surface area contributed by atoms with Gasteiger partial charge in [-0.3, -0.25) is 0 Å². The normalized spacial score (nSPS) is 11.8. The molecule has 12 heavy (non-hydrogen) atoms. The summed E-state index contributed by atoms with van der Waals surface area (Å²) >= 11 is 5.70. The molecule has 0 amide bonds. The molecule has 0 atom stereocenters. The number of benzene rings is 1. The average Bonchev–Trinajstić information content (AvgIpc) is 2.03. The Morgan fingerprint density at radius 2 is 1.83 bits per heavy atom. The van der Waals surface area contributed by atoms with E-state index in [0.717, 1.165) is 16.7 Å². The summed E-state index contributed by atoms with van der Waals surface area (Å²) in [4.78, 5) is 0. The first-order valence-corrected chi connectivity index (χ1v) is 3.98. The summed E-state index contributed by atoms with van der Waals surface area (Å²) < 4.78 is 0. The molecular formula is C9H10ClNO. The summed E-state index contributed by atoms with van der Waals surface area (Å²) in [5.41, 5.74) is 2.83. The van der Waals surface area contributed by atoms with Gasteiger partial charge in [-0.2, -0.15) is 0 Å². The lowest BCUT2D eigenvalue weighted by Crippen LogP contribution is -1.98. The molecule has 1 aromatic rings. The fraction of sp³-hybridized carbons (Fsp3) is 0.222. The topological polar surface area (TPSA) is 32.6 Å². The molecule has 0 aliphatic carbocycles. The minimum Gasteiger partial charge on any atom is -0.410 e. The zero-order chi connectivity index (χ0) is 9.14. The van der Waals surface area contributed by atoms with Crippen LogP contribution < -0.4 is 0 Å². The van der Waals surface area contributed by atoms with Crippen LogP contribution in [0.3, 0.4) is 0 Å². The highest BCUT2D eigenvalue weighted by Crippen LogP contribution is 2.15. The van der Waals surface area contributed by atoms with E-state index in [2.05, 4.69) is 5.16 Å². The van der Waals surface area contributed by atoms with E-state index in [1.54, 1.807) is 0 Å². The Hall–Kier alpha value is -1.02. The van der Waals surface area contributed by atoms with Crippen LogP contribution in [0.15, 0.2) is 23.4 Å². The monoisotopic (exact) mass is 183 g/mol. The third-order valence-corrected chi connectivity index (χ3v) is 2.04. The van der Waals surface area contributed by atoms with Gasteiger partial charge in [0.25, 0.3) is 0 Å². The maximum atomic E-state index is 8.49. The van der Waals surface area contributed by atoms with Crippen molar-refractivity contribution in [1.29, 1.82) is 0 Å². The quantitative estimate of drug-likeness (QED) is 0.405. The van der Waals surface area contributed by atoms with E-state index in [4.69, 9.17) is 16.8 Å². The Balaban J connectivity index is 3.31. The summed E-state index contributed by atoms with van der Waals surface area (Å²) in [6.07, 6.45) is 0. The van der Waals surface area contributed by atoms with Crippen LogP contribution in [-0.2, 0) is 0 Å². The second kappa shape index (κ2) is 3.59. The van der Waals surface area contributed by atoms with Crippen molar-refractivity contribution < 1.29 is 5.21 Å². The Morgan fingerprint density at radius 3 is 2.25 bits per heavy atom. The average molecular weight is 184 g/mol. The van der Waals surface area contributed by atoms with Gasteiger partial charge in [-0.1, -0.05) is 35.0 Å². The van der Waals surface area contributed by atoms with Gasteiger partial charge in [0.05, 0.1) is 0 Å². The second-order valence-electron chi connectivity index (χ2n) is 2.66. The van der Waals surface area contributed by atoms with Crippen LogP contribution in [0.4, 0.5) is 0 Å². The predicted molar refractivity (Wildman–Crippen MR) is 50.1 cm³/mol. The number of hydrogen-bond acceptors (Lipinski definition) is 2. The minimum atomic E-state index is 0.144. The molecule has 0 saturated carbocycles. The van der Waals surface area contributed by atoms with Crippen molar-refractivity contribution in [3.8, 4) is 0 Å². The number of nitrogens with zero attached hydrogens (tertiary/aromatic N) is 1. The van der Waals surface area contributed by atoms with Crippen molar-refractivity contribution in [2.75, 3.05) is 0 Å². The van der Waals surface area contributed by atoms with Crippen molar-refractivity contribution >= 4 is 16.8 Å². The molecule has 1 rings (SSSR count). The van der Waals surface area contributed by atoms with E-state index < -0.39 is 0 Å². The van der Waals surface area contributed by atoms with E-state index >= 15 is 0 Å². The maximum Gasteiger partial charge on any atom is 0.175 e. The highest BCUT2D eigenvalue weighted by molar-refractivity contribution is 6.69. The van der Waals surface area contributed by atoms with E-state index in [-0.39, 0.29) is 5.17 Å². The van der Waals surface area contributed by atoms with E-state index in [0.29, 0.717) is 0 Å². The van der Waals surface area contributed by atoms with Gasteiger partial charge in [-0.05, 0) is 25.0 Å². The van der Waals surface area contributed by atoms with Crippen molar-refractivity contribution in [2.45, 2.75) is 13.8 Å². The number of rotatable bonds is 1. The summed E-state index contributed by atoms with van der Waals surface area (Å²) in [6, 6.07) is 5.79. The summed E-state index contributed by atoms with van der Waals surface area (Å²) in [6.45, 7) is 3.85. The van der Waals surface area contributed by atoms with Gasteiger partial charge in [-0.25, -0.2) is 0 Å². The third kappa shape index (κ3) is 1.59. The summed E-state index contributed by atoms with van der Waals surface area (Å²) in [5.74, 6) is 0. The second-order valence-corrected chi connectivity index (χ2v) is 3.02. The van der Waals surface area contributed by atoms with Gasteiger partial charge in [0.1, 0.15) is 0 Å². The Bertz CT molecular complexity index is 300. The van der Waals surface area contributed by atoms with Crippen LogP contribution in [0.25, 0.3) is 0 Å². The van der Waals surface area contributed by atoms with E-state index in [9.17, 15) is 0 Å². The van der Waals surface area contributed by atoms with Gasteiger partial charge < -0.3 is 5.21 Å². The molecule has 0 fully saturated rings. The molecule has 0 unspecified atom stereocenters. The van der Waals surface area contributed by atoms with Crippen LogP contribution in [0.2, 0.25) is 0 Å². The standard InChI is InChI=1S/C9H10ClNO/c1-6-4-3-5-7(2)8(6)9(10)11-12/h3-5,12H,1-2H3/b11-9+. The molecule has 0 heterocycles. The molecule has 2 nitrogen and oxygen atoms in total. The van der Waals surface area contributed by atoms with Crippen LogP contribution in [0.5, 0.6) is 0 Å². The molecule has 0 bridgehead atoms. The Labute approximate surface area is 76.5 Å². The lowest BCUT2D eigenvalue weighted by molar-refractivity contribution is 0.321. The molecule has 0 aliphatic heterocycles. The number of halogens is 1. The summed E-state index contributed by atoms with van der Waals surface area (Å²) in [5, 5.41) is 11.6. The van der Waals surface area contributed by atoms with Gasteiger partial charge in [-0.15, -0.1) is 0 Å². The SMILES string of the molecule is Cc1cccc(C)c1/C(Cl)=N\O. The van der Waals surface area contributed by atoms with E-state index in [1.165, 1.54) is 0 Å². The van der Waals surface area contributed by atoms with Gasteiger partial charge in [0.2, 0.25) is 0 Å². The van der Waals surface area contributed by atoms with Gasteiger partial charge in [0, 0.05) is 5.56 Å². The molecule has 0 radical (unpaired) electrons. The zero-order valence-corrected chi connectivity index (χ0v) is 7.76.